The van der Waals surface area contributed by atoms with Crippen molar-refractivity contribution in [2.45, 2.75) is 44.1 Å². The number of ether oxygens (including phenoxy) is 4. The molecule has 3 rings (SSSR count). The van der Waals surface area contributed by atoms with Gasteiger partial charge in [0.05, 0.1) is 25.9 Å². The monoisotopic (exact) mass is 408 g/mol. The number of hydrogen-bond donors (Lipinski definition) is 2. The molecule has 1 aromatic rings. The summed E-state index contributed by atoms with van der Waals surface area (Å²) in [6.07, 6.45) is 4.48. The summed E-state index contributed by atoms with van der Waals surface area (Å²) in [5.41, 5.74) is 1.24. The van der Waals surface area contributed by atoms with Gasteiger partial charge in [0.2, 0.25) is 0 Å². The zero-order valence-corrected chi connectivity index (χ0v) is 17.6. The maximum Gasteiger partial charge on any atom is 0.157 e. The van der Waals surface area contributed by atoms with Crippen molar-refractivity contribution in [2.24, 2.45) is 0 Å². The van der Waals surface area contributed by atoms with Crippen molar-refractivity contribution < 1.29 is 24.1 Å². The van der Waals surface area contributed by atoms with Crippen molar-refractivity contribution >= 4 is 0 Å². The van der Waals surface area contributed by atoms with Gasteiger partial charge < -0.3 is 29.4 Å². The van der Waals surface area contributed by atoms with E-state index in [1.54, 1.807) is 0 Å². The Morgan fingerprint density at radius 2 is 2.00 bits per heavy atom. The smallest absolute Gasteiger partial charge is 0.157 e. The summed E-state index contributed by atoms with van der Waals surface area (Å²) in [5, 5.41) is 12.3. The van der Waals surface area contributed by atoms with Crippen LogP contribution in [-0.2, 0) is 14.2 Å². The van der Waals surface area contributed by atoms with Crippen LogP contribution in [0, 0.1) is 0 Å². The largest absolute Gasteiger partial charge is 0.491 e. The maximum absolute atomic E-state index is 8.90. The molecule has 3 atom stereocenters. The number of likely N-dealkylation sites (tertiary alicyclic amines) is 1. The van der Waals surface area contributed by atoms with Crippen molar-refractivity contribution in [2.75, 3.05) is 59.7 Å². The van der Waals surface area contributed by atoms with E-state index in [9.17, 15) is 0 Å². The molecule has 29 heavy (non-hydrogen) atoms. The van der Waals surface area contributed by atoms with Crippen LogP contribution in [-0.4, -0.2) is 82.1 Å². The predicted octanol–water partition coefficient (Wildman–Crippen LogP) is 1.95. The van der Waals surface area contributed by atoms with Crippen molar-refractivity contribution in [1.29, 1.82) is 0 Å². The minimum Gasteiger partial charge on any atom is -0.491 e. The summed E-state index contributed by atoms with van der Waals surface area (Å²) in [6, 6.07) is 8.55. The molecule has 7 heteroatoms. The van der Waals surface area contributed by atoms with Gasteiger partial charge in [0, 0.05) is 32.3 Å². The SMILES string of the molecule is CNC(CN1CCC(OCCO)C1)c1ccc(OCCOC2CCCCO2)cc1. The summed E-state index contributed by atoms with van der Waals surface area (Å²) < 4.78 is 22.7. The molecule has 2 saturated heterocycles. The van der Waals surface area contributed by atoms with E-state index in [-0.39, 0.29) is 25.0 Å². The van der Waals surface area contributed by atoms with Gasteiger partial charge in [-0.2, -0.15) is 0 Å². The molecule has 7 nitrogen and oxygen atoms in total. The third-order valence-electron chi connectivity index (χ3n) is 5.54. The van der Waals surface area contributed by atoms with Crippen LogP contribution in [0.15, 0.2) is 24.3 Å². The van der Waals surface area contributed by atoms with Crippen molar-refractivity contribution in [3.8, 4) is 5.75 Å². The normalized spacial score (nSPS) is 23.9. The van der Waals surface area contributed by atoms with Crippen LogP contribution >= 0.6 is 0 Å². The minimum atomic E-state index is -0.0645. The third kappa shape index (κ3) is 7.51. The van der Waals surface area contributed by atoms with Gasteiger partial charge >= 0.3 is 0 Å². The second-order valence-corrected chi connectivity index (χ2v) is 7.69. The molecule has 0 radical (unpaired) electrons. The molecule has 1 aromatic carbocycles. The lowest BCUT2D eigenvalue weighted by Crippen LogP contribution is -2.33. The summed E-state index contributed by atoms with van der Waals surface area (Å²) >= 11 is 0. The molecule has 0 bridgehead atoms. The van der Waals surface area contributed by atoms with Gasteiger partial charge in [-0.15, -0.1) is 0 Å². The molecule has 0 amide bonds. The van der Waals surface area contributed by atoms with Crippen LogP contribution in [0.2, 0.25) is 0 Å². The zero-order valence-electron chi connectivity index (χ0n) is 17.6. The highest BCUT2D eigenvalue weighted by Gasteiger charge is 2.25. The van der Waals surface area contributed by atoms with E-state index in [1.807, 2.05) is 19.2 Å². The van der Waals surface area contributed by atoms with Crippen LogP contribution in [0.4, 0.5) is 0 Å². The number of aliphatic hydroxyl groups excluding tert-OH is 1. The summed E-state index contributed by atoms with van der Waals surface area (Å²) in [7, 11) is 2.00. The first-order valence-electron chi connectivity index (χ1n) is 10.9. The number of benzene rings is 1. The molecule has 2 fully saturated rings. The Morgan fingerprint density at radius 3 is 2.72 bits per heavy atom. The Hall–Kier alpha value is -1.22. The molecule has 164 valence electrons. The quantitative estimate of drug-likeness (QED) is 0.512. The highest BCUT2D eigenvalue weighted by atomic mass is 16.7. The first-order chi connectivity index (χ1) is 14.3. The number of rotatable bonds is 12. The zero-order chi connectivity index (χ0) is 20.3. The van der Waals surface area contributed by atoms with Gasteiger partial charge in [-0.3, -0.25) is 4.90 Å². The molecular weight excluding hydrogens is 372 g/mol. The molecule has 2 aliphatic rings. The Balaban J connectivity index is 1.38. The molecule has 3 unspecified atom stereocenters. The highest BCUT2D eigenvalue weighted by molar-refractivity contribution is 5.29. The van der Waals surface area contributed by atoms with E-state index < -0.39 is 0 Å². The Kier molecular flexibility index (Phi) is 9.66. The molecule has 0 aromatic heterocycles. The Bertz CT molecular complexity index is 565. The molecular formula is C22H36N2O5. The number of nitrogens with zero attached hydrogens (tertiary/aromatic N) is 1. The standard InChI is InChI=1S/C22H36N2O5/c1-23-21(17-24-10-9-20(16-24)26-13-11-25)18-5-7-19(8-6-18)27-14-15-29-22-4-2-3-12-28-22/h5-8,20-23,25H,2-4,9-17H2,1H3. The topological polar surface area (TPSA) is 72.4 Å². The van der Waals surface area contributed by atoms with Gasteiger partial charge in [-0.1, -0.05) is 12.1 Å². The summed E-state index contributed by atoms with van der Waals surface area (Å²) in [6.45, 7) is 5.26. The van der Waals surface area contributed by atoms with E-state index in [4.69, 9.17) is 24.1 Å². The number of aliphatic hydroxyl groups is 1. The van der Waals surface area contributed by atoms with E-state index in [0.717, 1.165) is 51.3 Å². The lowest BCUT2D eigenvalue weighted by atomic mass is 10.1. The van der Waals surface area contributed by atoms with Crippen molar-refractivity contribution in [3.63, 3.8) is 0 Å². The molecule has 2 aliphatic heterocycles. The number of likely N-dealkylation sites (N-methyl/N-ethyl adjacent to an activating group) is 1. The van der Waals surface area contributed by atoms with Crippen LogP contribution in [0.5, 0.6) is 5.75 Å². The second-order valence-electron chi connectivity index (χ2n) is 7.69. The van der Waals surface area contributed by atoms with Gasteiger partial charge in [0.25, 0.3) is 0 Å². The van der Waals surface area contributed by atoms with Crippen molar-refractivity contribution in [1.82, 2.24) is 10.2 Å². The van der Waals surface area contributed by atoms with Crippen LogP contribution in [0.25, 0.3) is 0 Å². The van der Waals surface area contributed by atoms with Gasteiger partial charge in [-0.25, -0.2) is 0 Å². The van der Waals surface area contributed by atoms with Gasteiger partial charge in [0.15, 0.2) is 6.29 Å². The summed E-state index contributed by atoms with van der Waals surface area (Å²) in [5.74, 6) is 0.857. The Morgan fingerprint density at radius 1 is 1.14 bits per heavy atom. The first kappa shape index (κ1) is 22.5. The summed E-state index contributed by atoms with van der Waals surface area (Å²) in [4.78, 5) is 2.41. The first-order valence-corrected chi connectivity index (χ1v) is 10.9. The van der Waals surface area contributed by atoms with E-state index >= 15 is 0 Å². The van der Waals surface area contributed by atoms with E-state index in [1.165, 1.54) is 12.0 Å². The van der Waals surface area contributed by atoms with E-state index in [0.29, 0.717) is 19.8 Å². The highest BCUT2D eigenvalue weighted by Crippen LogP contribution is 2.21. The minimum absolute atomic E-state index is 0.0645. The molecule has 0 spiro atoms. The lowest BCUT2D eigenvalue weighted by molar-refractivity contribution is -0.165. The number of nitrogens with one attached hydrogen (secondary N) is 1. The maximum atomic E-state index is 8.90. The average Bonchev–Trinajstić information content (AvgIpc) is 3.22. The van der Waals surface area contributed by atoms with E-state index in [2.05, 4.69) is 22.3 Å². The average molecular weight is 409 g/mol. The predicted molar refractivity (Wildman–Crippen MR) is 111 cm³/mol. The van der Waals surface area contributed by atoms with Crippen LogP contribution in [0.1, 0.15) is 37.3 Å². The molecule has 2 heterocycles. The lowest BCUT2D eigenvalue weighted by Gasteiger charge is -2.24. The Labute approximate surface area is 174 Å². The van der Waals surface area contributed by atoms with Crippen LogP contribution in [0.3, 0.4) is 0 Å². The fraction of sp³-hybridized carbons (Fsp3) is 0.727. The van der Waals surface area contributed by atoms with Crippen molar-refractivity contribution in [3.05, 3.63) is 29.8 Å². The fourth-order valence-electron chi connectivity index (χ4n) is 3.92. The molecule has 0 aliphatic carbocycles. The van der Waals surface area contributed by atoms with Gasteiger partial charge in [0.1, 0.15) is 12.4 Å². The fourth-order valence-corrected chi connectivity index (χ4v) is 3.92. The third-order valence-corrected chi connectivity index (χ3v) is 5.54. The van der Waals surface area contributed by atoms with Crippen LogP contribution < -0.4 is 10.1 Å². The molecule has 0 saturated carbocycles. The van der Waals surface area contributed by atoms with Gasteiger partial charge in [-0.05, 0) is 50.4 Å². The second kappa shape index (κ2) is 12.5. The number of hydrogen-bond acceptors (Lipinski definition) is 7. The molecule has 2 N–H and O–H groups in total.